The van der Waals surface area contributed by atoms with Crippen molar-refractivity contribution >= 4 is 11.6 Å². The molecule has 1 N–H and O–H groups in total. The van der Waals surface area contributed by atoms with Crippen LogP contribution < -0.4 is 10.1 Å². The van der Waals surface area contributed by atoms with Gasteiger partial charge in [-0.05, 0) is 24.7 Å². The number of halogens is 1. The van der Waals surface area contributed by atoms with E-state index in [9.17, 15) is 0 Å². The van der Waals surface area contributed by atoms with Gasteiger partial charge in [0.05, 0.1) is 13.2 Å². The minimum Gasteiger partial charge on any atom is -0.496 e. The van der Waals surface area contributed by atoms with E-state index in [1.54, 1.807) is 7.11 Å². The van der Waals surface area contributed by atoms with Crippen molar-refractivity contribution in [2.24, 2.45) is 0 Å². The average molecular weight is 310 g/mol. The van der Waals surface area contributed by atoms with E-state index in [2.05, 4.69) is 22.0 Å². The number of hydrogen-bond acceptors (Lipinski definition) is 4. The molecule has 3 aliphatic rings. The molecule has 2 unspecified atom stereocenters. The van der Waals surface area contributed by atoms with Gasteiger partial charge in [-0.2, -0.15) is 0 Å². The minimum absolute atomic E-state index is 0.256. The Bertz CT molecular complexity index is 488. The van der Waals surface area contributed by atoms with Crippen LogP contribution in [0.2, 0.25) is 5.02 Å². The highest BCUT2D eigenvalue weighted by atomic mass is 35.5. The Labute approximate surface area is 132 Å². The van der Waals surface area contributed by atoms with E-state index in [1.807, 2.05) is 18.2 Å². The molecule has 5 heteroatoms. The van der Waals surface area contributed by atoms with Gasteiger partial charge in [0.2, 0.25) is 0 Å². The van der Waals surface area contributed by atoms with Crippen molar-refractivity contribution in [1.82, 2.24) is 15.1 Å². The molecule has 0 amide bonds. The van der Waals surface area contributed by atoms with Gasteiger partial charge in [0.15, 0.2) is 0 Å². The fourth-order valence-electron chi connectivity index (χ4n) is 3.60. The third kappa shape index (κ3) is 3.04. The molecule has 3 saturated heterocycles. The summed E-state index contributed by atoms with van der Waals surface area (Å²) in [6.45, 7) is 8.92. The standard InChI is InChI=1S/C16H24ClN3O/c1-3-18-16(13-10-12(17)4-5-15(13)21-2)14-11-19-6-8-20(14)9-7-19/h4-5,10,14,16,18H,3,6-9,11H2,1-2H3. The fourth-order valence-corrected chi connectivity index (χ4v) is 3.78. The lowest BCUT2D eigenvalue weighted by Gasteiger charge is -2.50. The van der Waals surface area contributed by atoms with Gasteiger partial charge >= 0.3 is 0 Å². The third-order valence-corrected chi connectivity index (χ3v) is 4.89. The van der Waals surface area contributed by atoms with Gasteiger partial charge in [-0.3, -0.25) is 9.80 Å². The topological polar surface area (TPSA) is 27.7 Å². The lowest BCUT2D eigenvalue weighted by atomic mass is 9.93. The van der Waals surface area contributed by atoms with Gasteiger partial charge in [-0.25, -0.2) is 0 Å². The maximum absolute atomic E-state index is 6.23. The molecule has 4 rings (SSSR count). The molecule has 1 aromatic rings. The van der Waals surface area contributed by atoms with Gasteiger partial charge in [0.1, 0.15) is 5.75 Å². The highest BCUT2D eigenvalue weighted by Gasteiger charge is 2.38. The van der Waals surface area contributed by atoms with E-state index in [1.165, 1.54) is 18.7 Å². The summed E-state index contributed by atoms with van der Waals surface area (Å²) in [6.07, 6.45) is 0. The zero-order chi connectivity index (χ0) is 14.8. The van der Waals surface area contributed by atoms with E-state index in [0.29, 0.717) is 6.04 Å². The molecular weight excluding hydrogens is 286 g/mol. The van der Waals surface area contributed by atoms with Gasteiger partial charge in [-0.1, -0.05) is 18.5 Å². The lowest BCUT2D eigenvalue weighted by Crippen LogP contribution is -2.64. The predicted molar refractivity (Wildman–Crippen MR) is 86.2 cm³/mol. The quantitative estimate of drug-likeness (QED) is 0.900. The Morgan fingerprint density at radius 3 is 2.67 bits per heavy atom. The van der Waals surface area contributed by atoms with Crippen LogP contribution >= 0.6 is 11.6 Å². The first-order chi connectivity index (χ1) is 10.2. The van der Waals surface area contributed by atoms with Crippen molar-refractivity contribution in [2.45, 2.75) is 19.0 Å². The number of likely N-dealkylation sites (N-methyl/N-ethyl adjacent to an activating group) is 1. The molecule has 0 spiro atoms. The Morgan fingerprint density at radius 1 is 1.33 bits per heavy atom. The van der Waals surface area contributed by atoms with Crippen molar-refractivity contribution < 1.29 is 4.74 Å². The molecule has 21 heavy (non-hydrogen) atoms. The lowest BCUT2D eigenvalue weighted by molar-refractivity contribution is -0.00374. The van der Waals surface area contributed by atoms with Crippen LogP contribution in [0, 0.1) is 0 Å². The van der Waals surface area contributed by atoms with Crippen LogP contribution in [0.25, 0.3) is 0 Å². The molecule has 116 valence electrons. The van der Waals surface area contributed by atoms with Crippen molar-refractivity contribution in [2.75, 3.05) is 46.4 Å². The molecule has 2 atom stereocenters. The number of benzene rings is 1. The molecule has 0 aliphatic carbocycles. The van der Waals surface area contributed by atoms with E-state index >= 15 is 0 Å². The summed E-state index contributed by atoms with van der Waals surface area (Å²) in [5, 5.41) is 4.42. The molecule has 3 heterocycles. The second kappa shape index (κ2) is 6.53. The summed E-state index contributed by atoms with van der Waals surface area (Å²) in [5.41, 5.74) is 1.17. The number of nitrogens with one attached hydrogen (secondary N) is 1. The number of methoxy groups -OCH3 is 1. The number of ether oxygens (including phenoxy) is 1. The second-order valence-corrected chi connectivity index (χ2v) is 6.26. The number of nitrogens with zero attached hydrogens (tertiary/aromatic N) is 2. The number of piperazine rings is 3. The van der Waals surface area contributed by atoms with Crippen molar-refractivity contribution in [3.8, 4) is 5.75 Å². The minimum atomic E-state index is 0.256. The first-order valence-corrected chi connectivity index (χ1v) is 8.14. The first kappa shape index (κ1) is 15.1. The molecule has 1 aromatic carbocycles. The Morgan fingerprint density at radius 2 is 2.10 bits per heavy atom. The third-order valence-electron chi connectivity index (χ3n) is 4.66. The van der Waals surface area contributed by atoms with Gasteiger partial charge < -0.3 is 10.1 Å². The largest absolute Gasteiger partial charge is 0.496 e. The van der Waals surface area contributed by atoms with Crippen molar-refractivity contribution in [3.63, 3.8) is 0 Å². The smallest absolute Gasteiger partial charge is 0.123 e. The molecule has 3 fully saturated rings. The van der Waals surface area contributed by atoms with Crippen molar-refractivity contribution in [3.05, 3.63) is 28.8 Å². The van der Waals surface area contributed by atoms with Crippen LogP contribution in [-0.2, 0) is 0 Å². The van der Waals surface area contributed by atoms with Gasteiger partial charge in [0, 0.05) is 49.4 Å². The average Bonchev–Trinajstić information content (AvgIpc) is 2.53. The monoisotopic (exact) mass is 309 g/mol. The summed E-state index contributed by atoms with van der Waals surface area (Å²) < 4.78 is 5.57. The zero-order valence-electron chi connectivity index (χ0n) is 12.8. The Hall–Kier alpha value is -0.810. The zero-order valence-corrected chi connectivity index (χ0v) is 13.6. The highest BCUT2D eigenvalue weighted by Crippen LogP contribution is 2.34. The summed E-state index contributed by atoms with van der Waals surface area (Å²) in [5.74, 6) is 0.919. The number of fused-ring (bicyclic) bond motifs is 3. The molecule has 0 aromatic heterocycles. The summed E-state index contributed by atoms with van der Waals surface area (Å²) >= 11 is 6.23. The van der Waals surface area contributed by atoms with E-state index in [0.717, 1.165) is 37.0 Å². The SMILES string of the molecule is CCNC(c1cc(Cl)ccc1OC)C1CN2CCN1CC2. The van der Waals surface area contributed by atoms with E-state index in [4.69, 9.17) is 16.3 Å². The maximum atomic E-state index is 6.23. The molecule has 0 saturated carbocycles. The first-order valence-electron chi connectivity index (χ1n) is 7.76. The van der Waals surface area contributed by atoms with E-state index in [-0.39, 0.29) is 6.04 Å². The molecule has 3 aliphatic heterocycles. The Kier molecular flexibility index (Phi) is 4.69. The van der Waals surface area contributed by atoms with Crippen LogP contribution in [0.1, 0.15) is 18.5 Å². The maximum Gasteiger partial charge on any atom is 0.123 e. The molecular formula is C16H24ClN3O. The molecule has 0 radical (unpaired) electrons. The van der Waals surface area contributed by atoms with Crippen LogP contribution in [0.15, 0.2) is 18.2 Å². The van der Waals surface area contributed by atoms with E-state index < -0.39 is 0 Å². The Balaban J connectivity index is 1.92. The molecule has 2 bridgehead atoms. The van der Waals surface area contributed by atoms with Crippen LogP contribution in [0.4, 0.5) is 0 Å². The summed E-state index contributed by atoms with van der Waals surface area (Å²) in [6, 6.07) is 6.65. The molecule has 4 nitrogen and oxygen atoms in total. The summed E-state index contributed by atoms with van der Waals surface area (Å²) in [4.78, 5) is 5.17. The van der Waals surface area contributed by atoms with Gasteiger partial charge in [-0.15, -0.1) is 0 Å². The predicted octanol–water partition coefficient (Wildman–Crippen LogP) is 2.00. The number of rotatable bonds is 5. The second-order valence-electron chi connectivity index (χ2n) is 5.83. The van der Waals surface area contributed by atoms with Crippen LogP contribution in [-0.4, -0.2) is 62.2 Å². The highest BCUT2D eigenvalue weighted by molar-refractivity contribution is 6.30. The van der Waals surface area contributed by atoms with Crippen LogP contribution in [0.3, 0.4) is 0 Å². The van der Waals surface area contributed by atoms with Crippen molar-refractivity contribution in [1.29, 1.82) is 0 Å². The van der Waals surface area contributed by atoms with Crippen LogP contribution in [0.5, 0.6) is 5.75 Å². The fraction of sp³-hybridized carbons (Fsp3) is 0.625. The van der Waals surface area contributed by atoms with Gasteiger partial charge in [0.25, 0.3) is 0 Å². The summed E-state index contributed by atoms with van der Waals surface area (Å²) in [7, 11) is 1.73. The number of hydrogen-bond donors (Lipinski definition) is 1. The normalized spacial score (nSPS) is 29.4.